The van der Waals surface area contributed by atoms with Crippen molar-refractivity contribution in [1.82, 2.24) is 0 Å². The third kappa shape index (κ3) is 8.72. The van der Waals surface area contributed by atoms with Crippen LogP contribution in [0.25, 0.3) is 0 Å². The van der Waals surface area contributed by atoms with Gasteiger partial charge in [0, 0.05) is 24.0 Å². The van der Waals surface area contributed by atoms with Gasteiger partial charge in [-0.25, -0.2) is 8.42 Å². The summed E-state index contributed by atoms with van der Waals surface area (Å²) in [5, 5.41) is 0.662. The molecule has 0 unspecified atom stereocenters. The first-order chi connectivity index (χ1) is 16.8. The Hall–Kier alpha value is -1.67. The number of hydrogen-bond donors (Lipinski definition) is 0. The fourth-order valence-electron chi connectivity index (χ4n) is 3.55. The van der Waals surface area contributed by atoms with Crippen LogP contribution in [0.5, 0.6) is 11.5 Å². The molecule has 6 nitrogen and oxygen atoms in total. The molecular formula is C26H33Cl3O6S. The molecule has 0 aliphatic carbocycles. The van der Waals surface area contributed by atoms with Crippen LogP contribution in [0, 0.1) is 5.92 Å². The van der Waals surface area contributed by atoms with Gasteiger partial charge < -0.3 is 14.2 Å². The van der Waals surface area contributed by atoms with Crippen LogP contribution < -0.4 is 9.47 Å². The van der Waals surface area contributed by atoms with Crippen molar-refractivity contribution in [3.05, 3.63) is 57.6 Å². The van der Waals surface area contributed by atoms with Crippen LogP contribution in [0.15, 0.2) is 36.4 Å². The summed E-state index contributed by atoms with van der Waals surface area (Å²) in [4.78, 5) is 11.2. The number of carbonyl (C=O) groups excluding carboxylic acids is 1. The highest BCUT2D eigenvalue weighted by Gasteiger charge is 2.26. The maximum absolute atomic E-state index is 11.8. The molecule has 0 radical (unpaired) electrons. The van der Waals surface area contributed by atoms with Crippen LogP contribution in [-0.4, -0.2) is 51.1 Å². The number of sulfone groups is 1. The molecule has 200 valence electrons. The Morgan fingerprint density at radius 2 is 1.58 bits per heavy atom. The summed E-state index contributed by atoms with van der Waals surface area (Å²) in [6, 6.07) is 11.2. The highest BCUT2D eigenvalue weighted by molar-refractivity contribution is 7.91. The Kier molecular flexibility index (Phi) is 11.2. The van der Waals surface area contributed by atoms with E-state index in [2.05, 4.69) is 0 Å². The Balaban J connectivity index is 2.11. The van der Waals surface area contributed by atoms with Gasteiger partial charge in [-0.2, -0.15) is 0 Å². The molecule has 2 atom stereocenters. The molecule has 0 saturated carbocycles. The second-order valence-electron chi connectivity index (χ2n) is 9.23. The van der Waals surface area contributed by atoms with Crippen molar-refractivity contribution in [2.75, 3.05) is 30.6 Å². The van der Waals surface area contributed by atoms with E-state index in [9.17, 15) is 13.2 Å². The molecule has 2 aromatic carbocycles. The fourth-order valence-corrected chi connectivity index (χ4v) is 5.50. The third-order valence-corrected chi connectivity index (χ3v) is 8.59. The Labute approximate surface area is 229 Å². The molecule has 36 heavy (non-hydrogen) atoms. The molecule has 0 aliphatic rings. The molecule has 0 aromatic heterocycles. The molecule has 0 aliphatic heterocycles. The number of benzene rings is 2. The SMILES string of the molecule is CCS(=O)(=O)C[C@H](C)COc1ccc(C(C)(C)c2cc(Cl)c(OC[C@@H](CCl)OC(C)=O)c(Cl)c2)cc1. The number of carbonyl (C=O) groups is 1. The molecule has 10 heteroatoms. The van der Waals surface area contributed by atoms with Crippen LogP contribution in [-0.2, 0) is 24.8 Å². The summed E-state index contributed by atoms with van der Waals surface area (Å²) < 4.78 is 40.2. The monoisotopic (exact) mass is 578 g/mol. The van der Waals surface area contributed by atoms with Gasteiger partial charge in [0.1, 0.15) is 28.3 Å². The molecule has 0 fully saturated rings. The molecule has 2 aromatic rings. The Bertz CT molecular complexity index is 1110. The van der Waals surface area contributed by atoms with Crippen molar-refractivity contribution in [1.29, 1.82) is 0 Å². The zero-order valence-corrected chi connectivity index (χ0v) is 24.2. The lowest BCUT2D eigenvalue weighted by Gasteiger charge is -2.27. The van der Waals surface area contributed by atoms with Gasteiger partial charge in [0.2, 0.25) is 0 Å². The molecule has 0 saturated heterocycles. The van der Waals surface area contributed by atoms with E-state index >= 15 is 0 Å². The normalized spacial score (nSPS) is 13.7. The van der Waals surface area contributed by atoms with Gasteiger partial charge in [-0.1, -0.05) is 63.0 Å². The topological polar surface area (TPSA) is 78.9 Å². The van der Waals surface area contributed by atoms with E-state index in [1.165, 1.54) is 6.92 Å². The quantitative estimate of drug-likeness (QED) is 0.204. The van der Waals surface area contributed by atoms with E-state index in [0.717, 1.165) is 11.1 Å². The lowest BCUT2D eigenvalue weighted by atomic mass is 9.78. The smallest absolute Gasteiger partial charge is 0.303 e. The first kappa shape index (κ1) is 30.6. The van der Waals surface area contributed by atoms with Crippen molar-refractivity contribution in [3.63, 3.8) is 0 Å². The second kappa shape index (κ2) is 13.2. The minimum atomic E-state index is -3.04. The van der Waals surface area contributed by atoms with Crippen molar-refractivity contribution < 1.29 is 27.4 Å². The van der Waals surface area contributed by atoms with E-state index in [0.29, 0.717) is 28.2 Å². The highest BCUT2D eigenvalue weighted by atomic mass is 35.5. The zero-order valence-electron chi connectivity index (χ0n) is 21.1. The lowest BCUT2D eigenvalue weighted by molar-refractivity contribution is -0.146. The summed E-state index contributed by atoms with van der Waals surface area (Å²) in [7, 11) is -3.04. The van der Waals surface area contributed by atoms with Gasteiger partial charge in [0.05, 0.1) is 28.3 Å². The second-order valence-corrected chi connectivity index (χ2v) is 12.8. The molecule has 2 rings (SSSR count). The number of rotatable bonds is 13. The number of hydrogen-bond acceptors (Lipinski definition) is 6. The first-order valence-corrected chi connectivity index (χ1v) is 14.7. The Morgan fingerprint density at radius 3 is 2.08 bits per heavy atom. The molecule has 0 heterocycles. The van der Waals surface area contributed by atoms with Crippen LogP contribution in [0.4, 0.5) is 0 Å². The van der Waals surface area contributed by atoms with Crippen molar-refractivity contribution in [2.24, 2.45) is 5.92 Å². The summed E-state index contributed by atoms with van der Waals surface area (Å²) in [5.41, 5.74) is 1.45. The summed E-state index contributed by atoms with van der Waals surface area (Å²) in [6.07, 6.45) is -0.618. The number of alkyl halides is 1. The predicted octanol–water partition coefficient (Wildman–Crippen LogP) is 6.32. The fraction of sp³-hybridized carbons (Fsp3) is 0.500. The van der Waals surface area contributed by atoms with Gasteiger partial charge in [0.15, 0.2) is 5.75 Å². The molecule has 0 spiro atoms. The van der Waals surface area contributed by atoms with Crippen molar-refractivity contribution in [2.45, 2.75) is 46.1 Å². The van der Waals surface area contributed by atoms with Gasteiger partial charge in [-0.15, -0.1) is 11.6 Å². The van der Waals surface area contributed by atoms with Gasteiger partial charge in [0.25, 0.3) is 0 Å². The van der Waals surface area contributed by atoms with E-state index in [1.807, 2.05) is 45.0 Å². The van der Waals surface area contributed by atoms with Crippen LogP contribution >= 0.6 is 34.8 Å². The number of ether oxygens (including phenoxy) is 3. The van der Waals surface area contributed by atoms with Gasteiger partial charge >= 0.3 is 5.97 Å². The maximum atomic E-state index is 11.8. The Morgan fingerprint density at radius 1 is 1.00 bits per heavy atom. The predicted molar refractivity (Wildman–Crippen MR) is 146 cm³/mol. The average Bonchev–Trinajstić information content (AvgIpc) is 2.81. The van der Waals surface area contributed by atoms with E-state index in [4.69, 9.17) is 49.0 Å². The standard InChI is InChI=1S/C26H33Cl3O6S/c1-6-36(31,32)16-17(2)14-33-21-9-7-19(8-10-21)26(4,5)20-11-23(28)25(24(29)12-20)34-15-22(13-27)35-18(3)30/h7-12,17,22H,6,13-16H2,1-5H3/t17-,22-/m1/s1. The van der Waals surface area contributed by atoms with Crippen molar-refractivity contribution in [3.8, 4) is 11.5 Å². The summed E-state index contributed by atoms with van der Waals surface area (Å²) >= 11 is 18.8. The van der Waals surface area contributed by atoms with E-state index < -0.39 is 27.3 Å². The zero-order chi connectivity index (χ0) is 27.1. The van der Waals surface area contributed by atoms with Crippen LogP contribution in [0.2, 0.25) is 10.0 Å². The van der Waals surface area contributed by atoms with Crippen molar-refractivity contribution >= 4 is 50.6 Å². The summed E-state index contributed by atoms with van der Waals surface area (Å²) in [6.45, 7) is 9.24. The van der Waals surface area contributed by atoms with Gasteiger partial charge in [-0.3, -0.25) is 4.79 Å². The minimum Gasteiger partial charge on any atom is -0.493 e. The molecule has 0 N–H and O–H groups in total. The average molecular weight is 580 g/mol. The molecule has 0 bridgehead atoms. The number of esters is 1. The van der Waals surface area contributed by atoms with Gasteiger partial charge in [-0.05, 0) is 35.4 Å². The molecule has 0 amide bonds. The third-order valence-electron chi connectivity index (χ3n) is 5.73. The maximum Gasteiger partial charge on any atom is 0.303 e. The summed E-state index contributed by atoms with van der Waals surface area (Å²) in [5.74, 6) is 0.714. The number of halogens is 3. The van der Waals surface area contributed by atoms with Crippen LogP contribution in [0.1, 0.15) is 45.7 Å². The lowest BCUT2D eigenvalue weighted by Crippen LogP contribution is -2.26. The highest BCUT2D eigenvalue weighted by Crippen LogP contribution is 2.40. The minimum absolute atomic E-state index is 0.0235. The van der Waals surface area contributed by atoms with Crippen LogP contribution in [0.3, 0.4) is 0 Å². The van der Waals surface area contributed by atoms with E-state index in [-0.39, 0.29) is 29.9 Å². The largest absolute Gasteiger partial charge is 0.493 e. The first-order valence-electron chi connectivity index (χ1n) is 11.6. The molecular weight excluding hydrogens is 547 g/mol. The van der Waals surface area contributed by atoms with E-state index in [1.54, 1.807) is 19.1 Å².